The molecule has 86 valence electrons. The average Bonchev–Trinajstić information content (AvgIpc) is 2.81. The summed E-state index contributed by atoms with van der Waals surface area (Å²) in [6.45, 7) is 0. The number of aromatic nitrogens is 4. The van der Waals surface area contributed by atoms with E-state index in [0.29, 0.717) is 30.9 Å². The minimum Gasteiger partial charge on any atom is -0.191 e. The molecule has 3 aromatic heterocycles. The summed E-state index contributed by atoms with van der Waals surface area (Å²) in [5.41, 5.74) is 1.30. The van der Waals surface area contributed by atoms with Crippen molar-refractivity contribution in [1.82, 2.24) is 19.8 Å². The largest absolute Gasteiger partial charge is 0.191 e. The van der Waals surface area contributed by atoms with Crippen molar-refractivity contribution >= 4 is 51.8 Å². The number of halogens is 3. The summed E-state index contributed by atoms with van der Waals surface area (Å²) in [4.78, 5) is 0. The highest BCUT2D eigenvalue weighted by molar-refractivity contribution is 7.20. The third-order valence-corrected chi connectivity index (χ3v) is 3.82. The fourth-order valence-electron chi connectivity index (χ4n) is 1.43. The molecular weight excluding hydrogens is 303 g/mol. The van der Waals surface area contributed by atoms with Gasteiger partial charge >= 0.3 is 0 Å². The highest BCUT2D eigenvalue weighted by atomic mass is 35.5. The van der Waals surface area contributed by atoms with Gasteiger partial charge in [-0.3, -0.25) is 0 Å². The number of rotatable bonds is 1. The fourth-order valence-corrected chi connectivity index (χ4v) is 3.02. The Hall–Kier alpha value is -0.880. The lowest BCUT2D eigenvalue weighted by atomic mass is 10.3. The van der Waals surface area contributed by atoms with E-state index in [1.54, 1.807) is 18.2 Å². The molecular formula is C9H3Cl3N4S. The van der Waals surface area contributed by atoms with Crippen LogP contribution in [-0.4, -0.2) is 19.8 Å². The van der Waals surface area contributed by atoms with Gasteiger partial charge in [-0.2, -0.15) is 9.61 Å². The van der Waals surface area contributed by atoms with Crippen LogP contribution in [0.4, 0.5) is 0 Å². The van der Waals surface area contributed by atoms with E-state index in [1.807, 2.05) is 0 Å². The zero-order valence-electron chi connectivity index (χ0n) is 8.06. The topological polar surface area (TPSA) is 43.1 Å². The standard InChI is InChI=1S/C9H3Cl3N4S/c10-5-1-2-7-13-14-9(16(7)15-5)4-3-6(11)17-8(4)12/h1-3H. The number of fused-ring (bicyclic) bond motifs is 1. The van der Waals surface area contributed by atoms with Gasteiger partial charge in [0, 0.05) is 0 Å². The van der Waals surface area contributed by atoms with Gasteiger partial charge in [0.25, 0.3) is 0 Å². The van der Waals surface area contributed by atoms with Crippen molar-refractivity contribution in [1.29, 1.82) is 0 Å². The van der Waals surface area contributed by atoms with Crippen LogP contribution in [0.2, 0.25) is 13.8 Å². The zero-order valence-corrected chi connectivity index (χ0v) is 11.1. The van der Waals surface area contributed by atoms with Gasteiger partial charge in [-0.15, -0.1) is 21.5 Å². The Balaban J connectivity index is 2.30. The SMILES string of the molecule is Clc1ccc2nnc(-c3cc(Cl)sc3Cl)n2n1. The highest BCUT2D eigenvalue weighted by Crippen LogP contribution is 2.37. The molecule has 0 atom stereocenters. The maximum atomic E-state index is 6.07. The lowest BCUT2D eigenvalue weighted by Gasteiger charge is -1.96. The Bertz CT molecular complexity index is 705. The van der Waals surface area contributed by atoms with Gasteiger partial charge in [-0.05, 0) is 18.2 Å². The van der Waals surface area contributed by atoms with Crippen LogP contribution >= 0.6 is 46.1 Å². The van der Waals surface area contributed by atoms with E-state index in [9.17, 15) is 0 Å². The molecule has 3 aromatic rings. The normalized spacial score (nSPS) is 11.2. The van der Waals surface area contributed by atoms with Crippen LogP contribution in [0.25, 0.3) is 17.0 Å². The van der Waals surface area contributed by atoms with E-state index in [1.165, 1.54) is 15.9 Å². The molecule has 3 heterocycles. The van der Waals surface area contributed by atoms with Crippen LogP contribution in [0.1, 0.15) is 0 Å². The van der Waals surface area contributed by atoms with E-state index < -0.39 is 0 Å². The van der Waals surface area contributed by atoms with Crippen molar-refractivity contribution in [3.8, 4) is 11.4 Å². The molecule has 0 amide bonds. The van der Waals surface area contributed by atoms with Crippen LogP contribution in [0.5, 0.6) is 0 Å². The van der Waals surface area contributed by atoms with Crippen LogP contribution < -0.4 is 0 Å². The molecule has 0 unspecified atom stereocenters. The smallest absolute Gasteiger partial charge is 0.187 e. The molecule has 0 bridgehead atoms. The molecule has 0 saturated heterocycles. The molecule has 0 aliphatic heterocycles. The van der Waals surface area contributed by atoms with Crippen molar-refractivity contribution in [2.75, 3.05) is 0 Å². The molecule has 0 aromatic carbocycles. The quantitative estimate of drug-likeness (QED) is 0.686. The van der Waals surface area contributed by atoms with E-state index >= 15 is 0 Å². The molecule has 17 heavy (non-hydrogen) atoms. The van der Waals surface area contributed by atoms with Crippen LogP contribution in [-0.2, 0) is 0 Å². The average molecular weight is 306 g/mol. The second-order valence-corrected chi connectivity index (χ2v) is 5.86. The predicted molar refractivity (Wildman–Crippen MR) is 69.1 cm³/mol. The molecule has 0 saturated carbocycles. The predicted octanol–water partition coefficient (Wildman–Crippen LogP) is 3.81. The van der Waals surface area contributed by atoms with Crippen LogP contribution in [0.3, 0.4) is 0 Å². The Morgan fingerprint density at radius 3 is 2.65 bits per heavy atom. The molecule has 0 fully saturated rings. The lowest BCUT2D eigenvalue weighted by molar-refractivity contribution is 0.937. The van der Waals surface area contributed by atoms with E-state index in [4.69, 9.17) is 34.8 Å². The van der Waals surface area contributed by atoms with Gasteiger partial charge in [-0.1, -0.05) is 34.8 Å². The van der Waals surface area contributed by atoms with Gasteiger partial charge in [0.05, 0.1) is 9.90 Å². The Kier molecular flexibility index (Phi) is 2.71. The summed E-state index contributed by atoms with van der Waals surface area (Å²) < 4.78 is 2.67. The van der Waals surface area contributed by atoms with Crippen molar-refractivity contribution in [2.45, 2.75) is 0 Å². The van der Waals surface area contributed by atoms with Crippen molar-refractivity contribution < 1.29 is 0 Å². The maximum absolute atomic E-state index is 6.07. The highest BCUT2D eigenvalue weighted by Gasteiger charge is 2.15. The molecule has 0 N–H and O–H groups in total. The van der Waals surface area contributed by atoms with Gasteiger partial charge in [0.15, 0.2) is 11.5 Å². The molecule has 8 heteroatoms. The summed E-state index contributed by atoms with van der Waals surface area (Å²) in [5.74, 6) is 0.524. The minimum absolute atomic E-state index is 0.357. The van der Waals surface area contributed by atoms with Gasteiger partial charge in [0.1, 0.15) is 9.49 Å². The van der Waals surface area contributed by atoms with Crippen molar-refractivity contribution in [2.24, 2.45) is 0 Å². The molecule has 0 aliphatic rings. The third kappa shape index (κ3) is 1.89. The Morgan fingerprint density at radius 2 is 1.94 bits per heavy atom. The summed E-state index contributed by atoms with van der Waals surface area (Å²) in [6, 6.07) is 5.11. The number of thiophene rings is 1. The Labute approximate surface area is 115 Å². The maximum Gasteiger partial charge on any atom is 0.187 e. The summed E-state index contributed by atoms with van der Waals surface area (Å²) in [7, 11) is 0. The second kappa shape index (κ2) is 4.10. The summed E-state index contributed by atoms with van der Waals surface area (Å²) >= 11 is 19.1. The first-order valence-corrected chi connectivity index (χ1v) is 6.43. The first-order chi connectivity index (χ1) is 8.15. The van der Waals surface area contributed by atoms with Gasteiger partial charge < -0.3 is 0 Å². The number of hydrogen-bond acceptors (Lipinski definition) is 4. The van der Waals surface area contributed by atoms with E-state index in [-0.39, 0.29) is 0 Å². The summed E-state index contributed by atoms with van der Waals surface area (Å²) in [5, 5.41) is 12.5. The molecule has 0 aliphatic carbocycles. The van der Waals surface area contributed by atoms with Crippen molar-refractivity contribution in [3.63, 3.8) is 0 Å². The van der Waals surface area contributed by atoms with E-state index in [0.717, 1.165) is 0 Å². The fraction of sp³-hybridized carbons (Fsp3) is 0. The molecule has 0 radical (unpaired) electrons. The van der Waals surface area contributed by atoms with Gasteiger partial charge in [-0.25, -0.2) is 0 Å². The van der Waals surface area contributed by atoms with E-state index in [2.05, 4.69) is 15.3 Å². The number of hydrogen-bond donors (Lipinski definition) is 0. The third-order valence-electron chi connectivity index (χ3n) is 2.13. The lowest BCUT2D eigenvalue weighted by Crippen LogP contribution is -1.94. The van der Waals surface area contributed by atoms with Crippen molar-refractivity contribution in [3.05, 3.63) is 32.0 Å². The monoisotopic (exact) mass is 304 g/mol. The van der Waals surface area contributed by atoms with Crippen LogP contribution in [0, 0.1) is 0 Å². The summed E-state index contributed by atoms with van der Waals surface area (Å²) in [6.07, 6.45) is 0. The zero-order chi connectivity index (χ0) is 12.0. The minimum atomic E-state index is 0.357. The van der Waals surface area contributed by atoms with Crippen LogP contribution in [0.15, 0.2) is 18.2 Å². The second-order valence-electron chi connectivity index (χ2n) is 3.19. The molecule has 3 rings (SSSR count). The first kappa shape index (κ1) is 11.2. The first-order valence-electron chi connectivity index (χ1n) is 4.48. The molecule has 0 spiro atoms. The van der Waals surface area contributed by atoms with Gasteiger partial charge in [0.2, 0.25) is 0 Å². The Morgan fingerprint density at radius 1 is 1.12 bits per heavy atom. The molecule has 4 nitrogen and oxygen atoms in total. The number of nitrogens with zero attached hydrogens (tertiary/aromatic N) is 4.